The summed E-state index contributed by atoms with van der Waals surface area (Å²) in [7, 11) is 0. The molecule has 0 aliphatic heterocycles. The summed E-state index contributed by atoms with van der Waals surface area (Å²) in [5.74, 6) is -0.906. The molecule has 1 aromatic carbocycles. The van der Waals surface area contributed by atoms with Gasteiger partial charge in [0.2, 0.25) is 0 Å². The number of pyridine rings is 1. The zero-order valence-electron chi connectivity index (χ0n) is 9.77. The highest BCUT2D eigenvalue weighted by Crippen LogP contribution is 2.24. The maximum atomic E-state index is 11.0. The fraction of sp³-hybridized carbons (Fsp3) is 0.143. The van der Waals surface area contributed by atoms with Gasteiger partial charge in [-0.3, -0.25) is 4.98 Å². The highest BCUT2D eigenvalue weighted by molar-refractivity contribution is 5.89. The monoisotopic (exact) mass is 227 g/mol. The van der Waals surface area contributed by atoms with Crippen LogP contribution in [0.15, 0.2) is 36.5 Å². The van der Waals surface area contributed by atoms with Gasteiger partial charge in [0.15, 0.2) is 0 Å². The van der Waals surface area contributed by atoms with Gasteiger partial charge < -0.3 is 5.11 Å². The number of carboxylic acid groups (broad SMARTS) is 1. The van der Waals surface area contributed by atoms with Crippen LogP contribution in [-0.4, -0.2) is 16.1 Å². The van der Waals surface area contributed by atoms with E-state index in [0.29, 0.717) is 5.56 Å². The summed E-state index contributed by atoms with van der Waals surface area (Å²) in [6.07, 6.45) is 1.73. The van der Waals surface area contributed by atoms with E-state index in [0.717, 1.165) is 22.4 Å². The molecule has 0 fully saturated rings. The van der Waals surface area contributed by atoms with E-state index in [4.69, 9.17) is 5.11 Å². The normalized spacial score (nSPS) is 10.2. The highest BCUT2D eigenvalue weighted by atomic mass is 16.4. The average molecular weight is 227 g/mol. The first-order valence-corrected chi connectivity index (χ1v) is 5.35. The van der Waals surface area contributed by atoms with E-state index in [1.807, 2.05) is 32.0 Å². The molecule has 0 atom stereocenters. The lowest BCUT2D eigenvalue weighted by Crippen LogP contribution is -1.97. The minimum atomic E-state index is -0.906. The molecular weight excluding hydrogens is 214 g/mol. The highest BCUT2D eigenvalue weighted by Gasteiger charge is 2.08. The van der Waals surface area contributed by atoms with Gasteiger partial charge in [0.05, 0.1) is 5.56 Å². The number of aromatic carboxylic acids is 1. The Morgan fingerprint density at radius 2 is 1.94 bits per heavy atom. The zero-order chi connectivity index (χ0) is 12.4. The van der Waals surface area contributed by atoms with Crippen LogP contribution in [0.5, 0.6) is 0 Å². The summed E-state index contributed by atoms with van der Waals surface area (Å²) >= 11 is 0. The Kier molecular flexibility index (Phi) is 2.91. The lowest BCUT2D eigenvalue weighted by Gasteiger charge is -2.07. The lowest BCUT2D eigenvalue weighted by atomic mass is 9.98. The molecule has 0 saturated heterocycles. The van der Waals surface area contributed by atoms with Gasteiger partial charge in [-0.2, -0.15) is 0 Å². The molecule has 2 aromatic rings. The van der Waals surface area contributed by atoms with Crippen LogP contribution >= 0.6 is 0 Å². The molecule has 0 saturated carbocycles. The summed E-state index contributed by atoms with van der Waals surface area (Å²) in [6, 6.07) is 8.99. The van der Waals surface area contributed by atoms with E-state index in [2.05, 4.69) is 4.98 Å². The number of nitrogens with zero attached hydrogens (tertiary/aromatic N) is 1. The standard InChI is InChI=1S/C14H13NO2/c1-9-3-4-12(14(16)17)8-13(9)11-5-6-15-10(2)7-11/h3-8H,1-2H3,(H,16,17). The molecule has 0 unspecified atom stereocenters. The number of hydrogen-bond acceptors (Lipinski definition) is 2. The average Bonchev–Trinajstić information content (AvgIpc) is 2.29. The first kappa shape index (κ1) is 11.3. The van der Waals surface area contributed by atoms with E-state index in [9.17, 15) is 4.79 Å². The maximum absolute atomic E-state index is 11.0. The van der Waals surface area contributed by atoms with E-state index in [1.165, 1.54) is 0 Å². The van der Waals surface area contributed by atoms with Gasteiger partial charge in [-0.05, 0) is 54.8 Å². The Bertz CT molecular complexity index is 576. The minimum absolute atomic E-state index is 0.306. The van der Waals surface area contributed by atoms with E-state index < -0.39 is 5.97 Å². The van der Waals surface area contributed by atoms with Gasteiger partial charge >= 0.3 is 5.97 Å². The zero-order valence-corrected chi connectivity index (χ0v) is 9.77. The van der Waals surface area contributed by atoms with Crippen molar-refractivity contribution in [1.82, 2.24) is 4.98 Å². The van der Waals surface area contributed by atoms with Gasteiger partial charge in [-0.25, -0.2) is 4.79 Å². The van der Waals surface area contributed by atoms with Gasteiger partial charge in [-0.15, -0.1) is 0 Å². The maximum Gasteiger partial charge on any atom is 0.335 e. The van der Waals surface area contributed by atoms with Crippen LogP contribution in [-0.2, 0) is 0 Å². The third-order valence-corrected chi connectivity index (χ3v) is 2.69. The SMILES string of the molecule is Cc1cc(-c2cc(C(=O)O)ccc2C)ccn1. The van der Waals surface area contributed by atoms with Crippen molar-refractivity contribution in [2.24, 2.45) is 0 Å². The number of aromatic nitrogens is 1. The van der Waals surface area contributed by atoms with Crippen molar-refractivity contribution in [2.45, 2.75) is 13.8 Å². The fourth-order valence-electron chi connectivity index (χ4n) is 1.78. The fourth-order valence-corrected chi connectivity index (χ4v) is 1.78. The molecule has 0 amide bonds. The molecule has 17 heavy (non-hydrogen) atoms. The molecule has 0 aliphatic carbocycles. The second kappa shape index (κ2) is 4.37. The van der Waals surface area contributed by atoms with Crippen LogP contribution in [0.3, 0.4) is 0 Å². The molecule has 1 heterocycles. The van der Waals surface area contributed by atoms with Gasteiger partial charge in [0.25, 0.3) is 0 Å². The number of carbonyl (C=O) groups is 1. The number of benzene rings is 1. The first-order valence-electron chi connectivity index (χ1n) is 5.35. The summed E-state index contributed by atoms with van der Waals surface area (Å²) in [5.41, 5.74) is 4.22. The first-order chi connectivity index (χ1) is 8.08. The third-order valence-electron chi connectivity index (χ3n) is 2.69. The predicted octanol–water partition coefficient (Wildman–Crippen LogP) is 3.06. The van der Waals surface area contributed by atoms with Gasteiger partial charge in [0, 0.05) is 11.9 Å². The summed E-state index contributed by atoms with van der Waals surface area (Å²) < 4.78 is 0. The van der Waals surface area contributed by atoms with E-state index in [-0.39, 0.29) is 0 Å². The number of carboxylic acids is 1. The van der Waals surface area contributed by atoms with Crippen molar-refractivity contribution in [3.05, 3.63) is 53.3 Å². The Balaban J connectivity index is 2.58. The molecule has 0 bridgehead atoms. The molecule has 0 radical (unpaired) electrons. The molecule has 1 N–H and O–H groups in total. The Morgan fingerprint density at radius 3 is 2.59 bits per heavy atom. The second-order valence-corrected chi connectivity index (χ2v) is 4.02. The Labute approximate surface area is 99.8 Å². The third kappa shape index (κ3) is 2.33. The van der Waals surface area contributed by atoms with Crippen molar-refractivity contribution in [1.29, 1.82) is 0 Å². The van der Waals surface area contributed by atoms with Crippen LogP contribution in [0.2, 0.25) is 0 Å². The van der Waals surface area contributed by atoms with E-state index in [1.54, 1.807) is 18.3 Å². The molecule has 2 rings (SSSR count). The van der Waals surface area contributed by atoms with Crippen LogP contribution in [0.4, 0.5) is 0 Å². The van der Waals surface area contributed by atoms with Crippen molar-refractivity contribution >= 4 is 5.97 Å². The van der Waals surface area contributed by atoms with E-state index >= 15 is 0 Å². The lowest BCUT2D eigenvalue weighted by molar-refractivity contribution is 0.0697. The smallest absolute Gasteiger partial charge is 0.335 e. The van der Waals surface area contributed by atoms with Crippen molar-refractivity contribution in [3.63, 3.8) is 0 Å². The van der Waals surface area contributed by atoms with Crippen LogP contribution < -0.4 is 0 Å². The molecule has 0 aliphatic rings. The number of aryl methyl sites for hydroxylation is 2. The minimum Gasteiger partial charge on any atom is -0.478 e. The topological polar surface area (TPSA) is 50.2 Å². The summed E-state index contributed by atoms with van der Waals surface area (Å²) in [5, 5.41) is 8.99. The molecule has 3 nitrogen and oxygen atoms in total. The van der Waals surface area contributed by atoms with Crippen molar-refractivity contribution in [3.8, 4) is 11.1 Å². The van der Waals surface area contributed by atoms with Crippen molar-refractivity contribution < 1.29 is 9.90 Å². The summed E-state index contributed by atoms with van der Waals surface area (Å²) in [6.45, 7) is 3.89. The molecule has 3 heteroatoms. The molecule has 86 valence electrons. The summed E-state index contributed by atoms with van der Waals surface area (Å²) in [4.78, 5) is 15.1. The quantitative estimate of drug-likeness (QED) is 0.857. The van der Waals surface area contributed by atoms with Crippen LogP contribution in [0.1, 0.15) is 21.6 Å². The Hall–Kier alpha value is -2.16. The predicted molar refractivity (Wildman–Crippen MR) is 66.1 cm³/mol. The Morgan fingerprint density at radius 1 is 1.18 bits per heavy atom. The number of hydrogen-bond donors (Lipinski definition) is 1. The van der Waals surface area contributed by atoms with Crippen molar-refractivity contribution in [2.75, 3.05) is 0 Å². The molecule has 1 aromatic heterocycles. The molecular formula is C14H13NO2. The molecule has 0 spiro atoms. The largest absolute Gasteiger partial charge is 0.478 e. The van der Waals surface area contributed by atoms with Gasteiger partial charge in [-0.1, -0.05) is 6.07 Å². The van der Waals surface area contributed by atoms with Crippen LogP contribution in [0.25, 0.3) is 11.1 Å². The van der Waals surface area contributed by atoms with Crippen LogP contribution in [0, 0.1) is 13.8 Å². The van der Waals surface area contributed by atoms with Gasteiger partial charge in [0.1, 0.15) is 0 Å². The number of rotatable bonds is 2. The second-order valence-electron chi connectivity index (χ2n) is 4.02.